The van der Waals surface area contributed by atoms with Gasteiger partial charge in [0.15, 0.2) is 5.65 Å². The van der Waals surface area contributed by atoms with Gasteiger partial charge in [0.2, 0.25) is 0 Å². The highest BCUT2D eigenvalue weighted by Gasteiger charge is 2.25. The topological polar surface area (TPSA) is 113 Å². The maximum absolute atomic E-state index is 12.7. The van der Waals surface area contributed by atoms with Gasteiger partial charge in [-0.05, 0) is 19.9 Å². The average molecular weight is 404 g/mol. The summed E-state index contributed by atoms with van der Waals surface area (Å²) < 4.78 is 7.56. The van der Waals surface area contributed by atoms with Gasteiger partial charge in [0.05, 0.1) is 26.9 Å². The van der Waals surface area contributed by atoms with Crippen LogP contribution in [0.1, 0.15) is 24.4 Å². The summed E-state index contributed by atoms with van der Waals surface area (Å²) in [4.78, 5) is 26.3. The van der Waals surface area contributed by atoms with Crippen molar-refractivity contribution in [2.45, 2.75) is 19.9 Å². The maximum atomic E-state index is 12.7. The zero-order valence-corrected chi connectivity index (χ0v) is 16.5. The van der Waals surface area contributed by atoms with Crippen molar-refractivity contribution in [1.29, 1.82) is 0 Å². The zero-order chi connectivity index (χ0) is 20.1. The van der Waals surface area contributed by atoms with Crippen molar-refractivity contribution in [2.24, 2.45) is 0 Å². The van der Waals surface area contributed by atoms with Crippen molar-refractivity contribution in [1.82, 2.24) is 24.7 Å². The summed E-state index contributed by atoms with van der Waals surface area (Å²) in [6, 6.07) is 7.01. The van der Waals surface area contributed by atoms with E-state index in [4.69, 9.17) is 10.2 Å². The highest BCUT2D eigenvalue weighted by atomic mass is 32.1. The molecule has 1 atom stereocenters. The number of fused-ring (bicyclic) bond motifs is 2. The summed E-state index contributed by atoms with van der Waals surface area (Å²) in [6.45, 7) is 3.77. The van der Waals surface area contributed by atoms with Crippen molar-refractivity contribution in [2.75, 3.05) is 5.73 Å². The minimum atomic E-state index is -0.407. The lowest BCUT2D eigenvalue weighted by molar-refractivity contribution is 0.404. The van der Waals surface area contributed by atoms with Crippen LogP contribution in [0.5, 0.6) is 0 Å². The van der Waals surface area contributed by atoms with Gasteiger partial charge >= 0.3 is 5.63 Å². The Morgan fingerprint density at radius 1 is 1.21 bits per heavy atom. The van der Waals surface area contributed by atoms with E-state index >= 15 is 0 Å². The van der Waals surface area contributed by atoms with Crippen molar-refractivity contribution >= 4 is 39.0 Å². The quantitative estimate of drug-likeness (QED) is 0.489. The summed E-state index contributed by atoms with van der Waals surface area (Å²) in [5, 5.41) is 6.66. The largest absolute Gasteiger partial charge is 0.424 e. The van der Waals surface area contributed by atoms with Crippen LogP contribution in [-0.4, -0.2) is 24.7 Å². The van der Waals surface area contributed by atoms with E-state index in [1.165, 1.54) is 17.7 Å². The Bertz CT molecular complexity index is 1420. The molecule has 144 valence electrons. The molecule has 4 aromatic heterocycles. The lowest BCUT2D eigenvalue weighted by atomic mass is 10.0. The Hall–Kier alpha value is -3.59. The summed E-state index contributed by atoms with van der Waals surface area (Å²) >= 11 is 1.49. The second kappa shape index (κ2) is 6.49. The van der Waals surface area contributed by atoms with Gasteiger partial charge in [-0.3, -0.25) is 4.98 Å². The first-order valence-corrected chi connectivity index (χ1v) is 9.84. The van der Waals surface area contributed by atoms with E-state index in [1.54, 1.807) is 22.5 Å². The first-order chi connectivity index (χ1) is 14.1. The van der Waals surface area contributed by atoms with Crippen LogP contribution in [0, 0.1) is 6.92 Å². The fourth-order valence-electron chi connectivity index (χ4n) is 3.66. The van der Waals surface area contributed by atoms with Crippen molar-refractivity contribution in [3.05, 3.63) is 64.2 Å². The van der Waals surface area contributed by atoms with Crippen LogP contribution in [0.15, 0.2) is 51.5 Å². The van der Waals surface area contributed by atoms with Crippen LogP contribution < -0.4 is 11.4 Å². The molecule has 5 aromatic rings. The number of benzene rings is 1. The van der Waals surface area contributed by atoms with Crippen molar-refractivity contribution < 1.29 is 4.42 Å². The summed E-state index contributed by atoms with van der Waals surface area (Å²) in [7, 11) is 0. The molecule has 0 aliphatic carbocycles. The molecule has 0 amide bonds. The van der Waals surface area contributed by atoms with E-state index in [0.717, 1.165) is 15.8 Å². The number of anilines is 1. The smallest absolute Gasteiger partial charge is 0.343 e. The van der Waals surface area contributed by atoms with Gasteiger partial charge < -0.3 is 10.2 Å². The summed E-state index contributed by atoms with van der Waals surface area (Å²) in [6.07, 6.45) is 3.18. The molecular weight excluding hydrogens is 388 g/mol. The fraction of sp³-hybridized carbons (Fsp3) is 0.150. The number of aryl methyl sites for hydroxylation is 1. The third-order valence-electron chi connectivity index (χ3n) is 4.98. The minimum absolute atomic E-state index is 0.369. The number of nitrogen functional groups attached to an aromatic ring is 1. The second-order valence-corrected chi connectivity index (χ2v) is 7.59. The number of nitrogens with zero attached hydrogens (tertiary/aromatic N) is 5. The maximum Gasteiger partial charge on any atom is 0.343 e. The first kappa shape index (κ1) is 17.5. The molecule has 0 bridgehead atoms. The first-order valence-electron chi connectivity index (χ1n) is 8.96. The van der Waals surface area contributed by atoms with E-state index < -0.39 is 11.7 Å². The van der Waals surface area contributed by atoms with Crippen LogP contribution in [0.4, 0.5) is 5.82 Å². The molecule has 5 rings (SSSR count). The van der Waals surface area contributed by atoms with Crippen LogP contribution in [0.2, 0.25) is 0 Å². The van der Waals surface area contributed by atoms with Gasteiger partial charge in [-0.2, -0.15) is 5.10 Å². The third kappa shape index (κ3) is 2.62. The van der Waals surface area contributed by atoms with E-state index in [1.807, 2.05) is 32.0 Å². The lowest BCUT2D eigenvalue weighted by Crippen LogP contribution is -2.14. The molecule has 8 nitrogen and oxygen atoms in total. The molecule has 0 fully saturated rings. The van der Waals surface area contributed by atoms with Crippen LogP contribution in [0.25, 0.3) is 32.2 Å². The second-order valence-electron chi connectivity index (χ2n) is 6.70. The molecule has 0 aliphatic heterocycles. The fourth-order valence-corrected chi connectivity index (χ4v) is 4.34. The molecule has 2 N–H and O–H groups in total. The molecule has 0 spiro atoms. The SMILES string of the molecule is Cc1nn(C(C)c2oc(=O)c3ccccc3c2-c2cncs2)c2ncnc(N)c12. The Labute approximate surface area is 168 Å². The van der Waals surface area contributed by atoms with E-state index in [-0.39, 0.29) is 0 Å². The standard InChI is InChI=1S/C20H16N6O2S/c1-10-15-18(21)23-8-24-19(15)26(25-10)11(2)17-16(14-7-22-9-29-14)12-5-3-4-6-13(12)20(27)28-17/h3-9,11H,1-2H3,(H2,21,23,24). The van der Waals surface area contributed by atoms with Gasteiger partial charge in [0.1, 0.15) is 23.9 Å². The normalized spacial score (nSPS) is 12.6. The van der Waals surface area contributed by atoms with Gasteiger partial charge in [-0.25, -0.2) is 19.4 Å². The molecule has 0 radical (unpaired) electrons. The van der Waals surface area contributed by atoms with Gasteiger partial charge in [0.25, 0.3) is 0 Å². The van der Waals surface area contributed by atoms with Crippen LogP contribution in [-0.2, 0) is 0 Å². The molecule has 1 unspecified atom stereocenters. The van der Waals surface area contributed by atoms with Gasteiger partial charge in [-0.1, -0.05) is 18.2 Å². The number of rotatable bonds is 3. The summed E-state index contributed by atoms with van der Waals surface area (Å²) in [5.74, 6) is 0.869. The Morgan fingerprint density at radius 3 is 2.76 bits per heavy atom. The van der Waals surface area contributed by atoms with E-state index in [2.05, 4.69) is 20.1 Å². The van der Waals surface area contributed by atoms with E-state index in [0.29, 0.717) is 33.7 Å². The van der Waals surface area contributed by atoms with E-state index in [9.17, 15) is 4.79 Å². The molecule has 4 heterocycles. The number of nitrogens with two attached hydrogens (primary N) is 1. The molecular formula is C20H16N6O2S. The van der Waals surface area contributed by atoms with Crippen LogP contribution in [0.3, 0.4) is 0 Å². The highest BCUT2D eigenvalue weighted by molar-refractivity contribution is 7.13. The average Bonchev–Trinajstić information content (AvgIpc) is 3.36. The van der Waals surface area contributed by atoms with Crippen molar-refractivity contribution in [3.63, 3.8) is 0 Å². The summed E-state index contributed by atoms with van der Waals surface area (Å²) in [5.41, 5.74) is 9.53. The van der Waals surface area contributed by atoms with Crippen LogP contribution >= 0.6 is 11.3 Å². The molecule has 29 heavy (non-hydrogen) atoms. The molecule has 0 aliphatic rings. The number of thiazole rings is 1. The number of hydrogen-bond acceptors (Lipinski definition) is 8. The Kier molecular flexibility index (Phi) is 3.92. The number of hydrogen-bond donors (Lipinski definition) is 1. The highest BCUT2D eigenvalue weighted by Crippen LogP contribution is 2.37. The predicted octanol–water partition coefficient (Wildman–Crippen LogP) is 3.56. The van der Waals surface area contributed by atoms with Crippen molar-refractivity contribution in [3.8, 4) is 10.4 Å². The molecule has 0 saturated heterocycles. The molecule has 0 saturated carbocycles. The number of aromatic nitrogens is 5. The predicted molar refractivity (Wildman–Crippen MR) is 112 cm³/mol. The lowest BCUT2D eigenvalue weighted by Gasteiger charge is -2.16. The third-order valence-corrected chi connectivity index (χ3v) is 5.77. The molecule has 9 heteroatoms. The van der Waals surface area contributed by atoms with Gasteiger partial charge in [-0.15, -0.1) is 11.3 Å². The zero-order valence-electron chi connectivity index (χ0n) is 15.7. The minimum Gasteiger partial charge on any atom is -0.424 e. The monoisotopic (exact) mass is 404 g/mol. The molecule has 1 aromatic carbocycles. The van der Waals surface area contributed by atoms with Gasteiger partial charge in [0, 0.05) is 17.1 Å². The Balaban J connectivity index is 1.83. The Morgan fingerprint density at radius 2 is 2.00 bits per heavy atom.